The quantitative estimate of drug-likeness (QED) is 0.601. The molecule has 0 saturated carbocycles. The summed E-state index contributed by atoms with van der Waals surface area (Å²) in [6.07, 6.45) is 0. The molecule has 0 atom stereocenters. The first-order valence-electron chi connectivity index (χ1n) is 4.17. The molecule has 5 nitrogen and oxygen atoms in total. The zero-order valence-corrected chi connectivity index (χ0v) is 8.19. The molecule has 0 aliphatic carbocycles. The van der Waals surface area contributed by atoms with E-state index in [1.165, 1.54) is 11.3 Å². The van der Waals surface area contributed by atoms with Crippen molar-refractivity contribution in [2.45, 2.75) is 0 Å². The fraction of sp³-hybridized carbons (Fsp3) is 0. The van der Waals surface area contributed by atoms with Crippen molar-refractivity contribution in [2.24, 2.45) is 0 Å². The first-order valence-corrected chi connectivity index (χ1v) is 5.05. The van der Waals surface area contributed by atoms with Crippen molar-refractivity contribution in [3.63, 3.8) is 0 Å². The van der Waals surface area contributed by atoms with Gasteiger partial charge in [0.2, 0.25) is 0 Å². The number of hydrogen-bond acceptors (Lipinski definition) is 6. The summed E-state index contributed by atoms with van der Waals surface area (Å²) >= 11 is 1.43. The number of aromatic nitrogens is 3. The maximum absolute atomic E-state index is 9.27. The van der Waals surface area contributed by atoms with Gasteiger partial charge in [-0.2, -0.15) is 0 Å². The Bertz CT molecular complexity index is 665. The van der Waals surface area contributed by atoms with Crippen molar-refractivity contribution >= 4 is 32.6 Å². The normalized spacial score (nSPS) is 11.2. The van der Waals surface area contributed by atoms with E-state index in [1.807, 2.05) is 0 Å². The Morgan fingerprint density at radius 2 is 1.73 bits per heavy atom. The number of thiazole rings is 1. The maximum atomic E-state index is 9.27. The molecule has 0 radical (unpaired) electrons. The monoisotopic (exact) mass is 219 g/mol. The minimum absolute atomic E-state index is 0.452. The van der Waals surface area contributed by atoms with Crippen LogP contribution in [0.4, 0.5) is 0 Å². The lowest BCUT2D eigenvalue weighted by Gasteiger charge is -1.99. The lowest BCUT2D eigenvalue weighted by molar-refractivity contribution is 0.378. The predicted molar refractivity (Wildman–Crippen MR) is 56.0 cm³/mol. The largest absolute Gasteiger partial charge is 0.489 e. The van der Waals surface area contributed by atoms with E-state index in [0.717, 1.165) is 10.2 Å². The summed E-state index contributed by atoms with van der Waals surface area (Å²) in [5.41, 5.74) is 3.62. The number of hydrogen-bond donors (Lipinski definition) is 2. The third-order valence-corrected chi connectivity index (χ3v) is 2.94. The van der Waals surface area contributed by atoms with E-state index in [1.54, 1.807) is 17.6 Å². The number of aromatic hydroxyl groups is 2. The van der Waals surface area contributed by atoms with Gasteiger partial charge in [0.15, 0.2) is 0 Å². The zero-order chi connectivity index (χ0) is 10.4. The molecular weight excluding hydrogens is 214 g/mol. The highest BCUT2D eigenvalue weighted by atomic mass is 32.1. The van der Waals surface area contributed by atoms with Gasteiger partial charge in [-0.1, -0.05) is 0 Å². The molecule has 2 N–H and O–H groups in total. The first-order chi connectivity index (χ1) is 7.25. The number of fused-ring (bicyclic) bond motifs is 3. The molecule has 0 unspecified atom stereocenters. The molecule has 2 aromatic heterocycles. The van der Waals surface area contributed by atoms with Crippen molar-refractivity contribution < 1.29 is 10.2 Å². The van der Waals surface area contributed by atoms with Gasteiger partial charge in [-0.25, -0.2) is 15.0 Å². The molecule has 74 valence electrons. The van der Waals surface area contributed by atoms with Crippen molar-refractivity contribution in [3.05, 3.63) is 17.6 Å². The lowest BCUT2D eigenvalue weighted by atomic mass is 10.3. The Morgan fingerprint density at radius 3 is 2.60 bits per heavy atom. The predicted octanol–water partition coefficient (Wildman–Crippen LogP) is 1.65. The Labute approximate surface area is 87.7 Å². The highest BCUT2D eigenvalue weighted by Crippen LogP contribution is 2.29. The van der Waals surface area contributed by atoms with Crippen LogP contribution < -0.4 is 0 Å². The summed E-state index contributed by atoms with van der Waals surface area (Å²) in [5, 5.41) is 18.5. The second-order valence-electron chi connectivity index (χ2n) is 3.00. The molecule has 3 rings (SSSR count). The van der Waals surface area contributed by atoms with Crippen LogP contribution in [0, 0.1) is 0 Å². The summed E-state index contributed by atoms with van der Waals surface area (Å²) in [7, 11) is 0. The van der Waals surface area contributed by atoms with E-state index < -0.39 is 11.8 Å². The third kappa shape index (κ3) is 1.11. The Morgan fingerprint density at radius 1 is 1.00 bits per heavy atom. The molecule has 0 aliphatic heterocycles. The summed E-state index contributed by atoms with van der Waals surface area (Å²) in [6.45, 7) is 0. The van der Waals surface area contributed by atoms with Crippen LogP contribution in [0.5, 0.6) is 11.8 Å². The van der Waals surface area contributed by atoms with Gasteiger partial charge in [0.1, 0.15) is 5.52 Å². The van der Waals surface area contributed by atoms with Crippen LogP contribution in [-0.2, 0) is 0 Å². The van der Waals surface area contributed by atoms with Crippen LogP contribution in [0.3, 0.4) is 0 Å². The molecule has 3 aromatic rings. The molecule has 15 heavy (non-hydrogen) atoms. The van der Waals surface area contributed by atoms with Crippen molar-refractivity contribution in [1.82, 2.24) is 15.0 Å². The minimum atomic E-state index is -0.455. The van der Waals surface area contributed by atoms with Gasteiger partial charge in [0, 0.05) is 0 Å². The zero-order valence-electron chi connectivity index (χ0n) is 7.38. The molecule has 0 aliphatic rings. The van der Waals surface area contributed by atoms with E-state index in [9.17, 15) is 10.2 Å². The fourth-order valence-electron chi connectivity index (χ4n) is 1.42. The van der Waals surface area contributed by atoms with E-state index in [2.05, 4.69) is 15.0 Å². The fourth-order valence-corrected chi connectivity index (χ4v) is 2.20. The number of benzene rings is 1. The Balaban J connectivity index is 2.57. The molecule has 0 spiro atoms. The van der Waals surface area contributed by atoms with Crippen molar-refractivity contribution in [2.75, 3.05) is 0 Å². The van der Waals surface area contributed by atoms with Gasteiger partial charge in [-0.15, -0.1) is 11.3 Å². The van der Waals surface area contributed by atoms with Gasteiger partial charge in [-0.05, 0) is 12.1 Å². The van der Waals surface area contributed by atoms with Crippen LogP contribution in [0.2, 0.25) is 0 Å². The summed E-state index contributed by atoms with van der Waals surface area (Å²) < 4.78 is 0.857. The molecule has 2 heterocycles. The van der Waals surface area contributed by atoms with Crippen LogP contribution in [0.25, 0.3) is 21.3 Å². The Hall–Kier alpha value is -1.95. The summed E-state index contributed by atoms with van der Waals surface area (Å²) in [6, 6.07) is 3.52. The van der Waals surface area contributed by atoms with Gasteiger partial charge in [0.05, 0.1) is 21.2 Å². The van der Waals surface area contributed by atoms with Crippen LogP contribution >= 0.6 is 11.3 Å². The molecule has 1 aromatic carbocycles. The van der Waals surface area contributed by atoms with E-state index in [-0.39, 0.29) is 0 Å². The average molecular weight is 219 g/mol. The maximum Gasteiger partial charge on any atom is 0.276 e. The highest BCUT2D eigenvalue weighted by Gasteiger charge is 2.09. The second-order valence-corrected chi connectivity index (χ2v) is 3.86. The van der Waals surface area contributed by atoms with Crippen molar-refractivity contribution in [1.29, 1.82) is 0 Å². The topological polar surface area (TPSA) is 79.1 Å². The number of rotatable bonds is 0. The lowest BCUT2D eigenvalue weighted by Crippen LogP contribution is -1.85. The van der Waals surface area contributed by atoms with Gasteiger partial charge in [0.25, 0.3) is 11.8 Å². The summed E-state index contributed by atoms with van der Waals surface area (Å²) in [5.74, 6) is -0.908. The summed E-state index contributed by atoms with van der Waals surface area (Å²) in [4.78, 5) is 11.8. The van der Waals surface area contributed by atoms with E-state index in [4.69, 9.17) is 0 Å². The first kappa shape index (κ1) is 8.37. The van der Waals surface area contributed by atoms with Crippen LogP contribution in [0.15, 0.2) is 17.6 Å². The smallest absolute Gasteiger partial charge is 0.276 e. The van der Waals surface area contributed by atoms with Crippen LogP contribution in [-0.4, -0.2) is 25.2 Å². The molecule has 0 bridgehead atoms. The SMILES string of the molecule is Oc1nc2ccc3ncsc3c2nc1O. The molecule has 0 amide bonds. The third-order valence-electron chi connectivity index (χ3n) is 2.10. The minimum Gasteiger partial charge on any atom is -0.489 e. The Kier molecular flexibility index (Phi) is 1.54. The van der Waals surface area contributed by atoms with Crippen LogP contribution in [0.1, 0.15) is 0 Å². The molecule has 6 heteroatoms. The van der Waals surface area contributed by atoms with E-state index >= 15 is 0 Å². The highest BCUT2D eigenvalue weighted by molar-refractivity contribution is 7.17. The van der Waals surface area contributed by atoms with E-state index in [0.29, 0.717) is 11.0 Å². The molecule has 0 fully saturated rings. The molecule has 0 saturated heterocycles. The standard InChI is InChI=1S/C9H5N3O2S/c13-8-9(14)12-6-4(11-8)1-2-5-7(6)15-3-10-5/h1-3H,(H,11,13)(H,12,14). The molecular formula is C9H5N3O2S. The second kappa shape index (κ2) is 2.77. The average Bonchev–Trinajstić information content (AvgIpc) is 2.68. The van der Waals surface area contributed by atoms with Gasteiger partial charge >= 0.3 is 0 Å². The number of nitrogens with zero attached hydrogens (tertiary/aromatic N) is 3. The van der Waals surface area contributed by atoms with Gasteiger partial charge < -0.3 is 10.2 Å². The van der Waals surface area contributed by atoms with Crippen molar-refractivity contribution in [3.8, 4) is 11.8 Å². The van der Waals surface area contributed by atoms with Gasteiger partial charge in [-0.3, -0.25) is 0 Å².